The predicted molar refractivity (Wildman–Crippen MR) is 83.8 cm³/mol. The number of imidazole rings is 1. The Kier molecular flexibility index (Phi) is 6.54. The van der Waals surface area contributed by atoms with Crippen LogP contribution in [0.25, 0.3) is 0 Å². The van der Waals surface area contributed by atoms with Gasteiger partial charge in [-0.05, 0) is 58.7 Å². The van der Waals surface area contributed by atoms with Crippen LogP contribution in [0.2, 0.25) is 0 Å². The molecule has 0 radical (unpaired) electrons. The molecule has 1 aromatic rings. The summed E-state index contributed by atoms with van der Waals surface area (Å²) >= 11 is 0. The lowest BCUT2D eigenvalue weighted by Gasteiger charge is -2.35. The van der Waals surface area contributed by atoms with Crippen molar-refractivity contribution < 1.29 is 0 Å². The maximum absolute atomic E-state index is 4.08. The van der Waals surface area contributed by atoms with Gasteiger partial charge in [-0.3, -0.25) is 0 Å². The van der Waals surface area contributed by atoms with E-state index in [2.05, 4.69) is 33.7 Å². The summed E-state index contributed by atoms with van der Waals surface area (Å²) in [6, 6.07) is 1.56. The fourth-order valence-electron chi connectivity index (χ4n) is 3.17. The van der Waals surface area contributed by atoms with E-state index in [0.29, 0.717) is 0 Å². The van der Waals surface area contributed by atoms with Crippen molar-refractivity contribution in [1.29, 1.82) is 0 Å². The molecule has 4 heteroatoms. The first-order valence-corrected chi connectivity index (χ1v) is 8.19. The molecule has 1 fully saturated rings. The molecule has 0 aromatic carbocycles. The van der Waals surface area contributed by atoms with Crippen LogP contribution in [0.4, 0.5) is 0 Å². The number of nitrogens with one attached hydrogen (secondary N) is 1. The van der Waals surface area contributed by atoms with E-state index in [1.165, 1.54) is 51.6 Å². The zero-order chi connectivity index (χ0) is 14.2. The summed E-state index contributed by atoms with van der Waals surface area (Å²) in [6.45, 7) is 5.69. The van der Waals surface area contributed by atoms with Crippen LogP contribution in [0.15, 0.2) is 18.7 Å². The Labute approximate surface area is 123 Å². The van der Waals surface area contributed by atoms with Crippen molar-refractivity contribution in [3.8, 4) is 0 Å². The lowest BCUT2D eigenvalue weighted by atomic mass is 9.90. The SMILES string of the molecule is CCCNC1CCC(N(C)CCCn2ccnc2)CC1. The van der Waals surface area contributed by atoms with Crippen LogP contribution in [0.1, 0.15) is 45.4 Å². The molecule has 1 aliphatic rings. The lowest BCUT2D eigenvalue weighted by molar-refractivity contribution is 0.171. The average molecular weight is 278 g/mol. The van der Waals surface area contributed by atoms with Crippen LogP contribution in [-0.4, -0.2) is 46.7 Å². The smallest absolute Gasteiger partial charge is 0.0945 e. The molecule has 20 heavy (non-hydrogen) atoms. The highest BCUT2D eigenvalue weighted by Crippen LogP contribution is 2.22. The monoisotopic (exact) mass is 278 g/mol. The molecule has 2 rings (SSSR count). The molecule has 4 nitrogen and oxygen atoms in total. The van der Waals surface area contributed by atoms with Gasteiger partial charge in [0.05, 0.1) is 6.33 Å². The molecule has 1 aliphatic carbocycles. The highest BCUT2D eigenvalue weighted by atomic mass is 15.1. The number of aromatic nitrogens is 2. The van der Waals surface area contributed by atoms with Gasteiger partial charge in [0.25, 0.3) is 0 Å². The van der Waals surface area contributed by atoms with E-state index >= 15 is 0 Å². The van der Waals surface area contributed by atoms with Gasteiger partial charge in [-0.15, -0.1) is 0 Å². The van der Waals surface area contributed by atoms with E-state index in [-0.39, 0.29) is 0 Å². The molecule has 0 spiro atoms. The third-order valence-corrected chi connectivity index (χ3v) is 4.49. The Hall–Kier alpha value is -0.870. The molecule has 0 amide bonds. The minimum Gasteiger partial charge on any atom is -0.337 e. The number of rotatable bonds is 8. The van der Waals surface area contributed by atoms with Crippen molar-refractivity contribution >= 4 is 0 Å². The molecule has 0 unspecified atom stereocenters. The highest BCUT2D eigenvalue weighted by Gasteiger charge is 2.23. The predicted octanol–water partition coefficient (Wildman–Crippen LogP) is 2.52. The zero-order valence-electron chi connectivity index (χ0n) is 13.1. The number of aryl methyl sites for hydroxylation is 1. The summed E-state index contributed by atoms with van der Waals surface area (Å²) in [5.41, 5.74) is 0. The van der Waals surface area contributed by atoms with Gasteiger partial charge in [-0.25, -0.2) is 4.98 Å². The largest absolute Gasteiger partial charge is 0.337 e. The number of nitrogens with zero attached hydrogens (tertiary/aromatic N) is 3. The Balaban J connectivity index is 1.60. The number of hydrogen-bond donors (Lipinski definition) is 1. The normalized spacial score (nSPS) is 23.4. The summed E-state index contributed by atoms with van der Waals surface area (Å²) in [5.74, 6) is 0. The van der Waals surface area contributed by atoms with Crippen molar-refractivity contribution in [3.05, 3.63) is 18.7 Å². The first kappa shape index (κ1) is 15.5. The molecule has 1 aromatic heterocycles. The van der Waals surface area contributed by atoms with E-state index < -0.39 is 0 Å². The quantitative estimate of drug-likeness (QED) is 0.793. The fraction of sp³-hybridized carbons (Fsp3) is 0.812. The topological polar surface area (TPSA) is 33.1 Å². The second-order valence-electron chi connectivity index (χ2n) is 6.09. The standard InChI is InChI=1S/C16H30N4/c1-3-9-18-15-5-7-16(8-6-15)19(2)11-4-12-20-13-10-17-14-20/h10,13-16,18H,3-9,11-12H2,1-2H3. The van der Waals surface area contributed by atoms with Crippen LogP contribution in [-0.2, 0) is 6.54 Å². The Morgan fingerprint density at radius 2 is 2.10 bits per heavy atom. The molecule has 0 bridgehead atoms. The van der Waals surface area contributed by atoms with Gasteiger partial charge in [-0.2, -0.15) is 0 Å². The van der Waals surface area contributed by atoms with Crippen molar-refractivity contribution in [2.45, 2.75) is 64.1 Å². The third-order valence-electron chi connectivity index (χ3n) is 4.49. The van der Waals surface area contributed by atoms with Gasteiger partial charge in [0, 0.05) is 31.0 Å². The van der Waals surface area contributed by atoms with E-state index in [1.807, 2.05) is 18.7 Å². The molecule has 114 valence electrons. The fourth-order valence-corrected chi connectivity index (χ4v) is 3.17. The minimum atomic E-state index is 0.769. The summed E-state index contributed by atoms with van der Waals surface area (Å²) in [6.07, 6.45) is 13.7. The Bertz CT molecular complexity index is 341. The second kappa shape index (κ2) is 8.42. The molecule has 0 atom stereocenters. The third kappa shape index (κ3) is 4.91. The van der Waals surface area contributed by atoms with Crippen molar-refractivity contribution in [2.24, 2.45) is 0 Å². The summed E-state index contributed by atoms with van der Waals surface area (Å²) in [5, 5.41) is 3.66. The van der Waals surface area contributed by atoms with Crippen LogP contribution in [0.5, 0.6) is 0 Å². The van der Waals surface area contributed by atoms with Gasteiger partial charge >= 0.3 is 0 Å². The average Bonchev–Trinajstić information content (AvgIpc) is 2.99. The minimum absolute atomic E-state index is 0.769. The Morgan fingerprint density at radius 3 is 2.75 bits per heavy atom. The van der Waals surface area contributed by atoms with Gasteiger partial charge in [0.15, 0.2) is 0 Å². The molecule has 0 saturated heterocycles. The van der Waals surface area contributed by atoms with Crippen molar-refractivity contribution in [3.63, 3.8) is 0 Å². The highest BCUT2D eigenvalue weighted by molar-refractivity contribution is 4.82. The molecule has 1 heterocycles. The molecular weight excluding hydrogens is 248 g/mol. The summed E-state index contributed by atoms with van der Waals surface area (Å²) < 4.78 is 2.17. The van der Waals surface area contributed by atoms with E-state index in [4.69, 9.17) is 0 Å². The first-order valence-electron chi connectivity index (χ1n) is 8.19. The van der Waals surface area contributed by atoms with Crippen LogP contribution >= 0.6 is 0 Å². The zero-order valence-corrected chi connectivity index (χ0v) is 13.1. The van der Waals surface area contributed by atoms with Crippen molar-refractivity contribution in [1.82, 2.24) is 19.8 Å². The summed E-state index contributed by atoms with van der Waals surface area (Å²) in [4.78, 5) is 6.65. The van der Waals surface area contributed by atoms with Gasteiger partial charge in [-0.1, -0.05) is 6.92 Å². The van der Waals surface area contributed by atoms with Gasteiger partial charge < -0.3 is 14.8 Å². The first-order chi connectivity index (χ1) is 9.79. The van der Waals surface area contributed by atoms with E-state index in [1.54, 1.807) is 0 Å². The molecule has 1 N–H and O–H groups in total. The summed E-state index contributed by atoms with van der Waals surface area (Å²) in [7, 11) is 2.29. The van der Waals surface area contributed by atoms with Gasteiger partial charge in [0.1, 0.15) is 0 Å². The van der Waals surface area contributed by atoms with Gasteiger partial charge in [0.2, 0.25) is 0 Å². The maximum atomic E-state index is 4.08. The van der Waals surface area contributed by atoms with E-state index in [9.17, 15) is 0 Å². The molecule has 0 aliphatic heterocycles. The van der Waals surface area contributed by atoms with Crippen LogP contribution in [0, 0.1) is 0 Å². The Morgan fingerprint density at radius 1 is 1.30 bits per heavy atom. The lowest BCUT2D eigenvalue weighted by Crippen LogP contribution is -2.41. The van der Waals surface area contributed by atoms with Crippen LogP contribution < -0.4 is 5.32 Å². The van der Waals surface area contributed by atoms with Crippen molar-refractivity contribution in [2.75, 3.05) is 20.1 Å². The number of hydrogen-bond acceptors (Lipinski definition) is 3. The maximum Gasteiger partial charge on any atom is 0.0945 e. The van der Waals surface area contributed by atoms with E-state index in [0.717, 1.165) is 18.6 Å². The van der Waals surface area contributed by atoms with Crippen LogP contribution in [0.3, 0.4) is 0 Å². The molecule has 1 saturated carbocycles. The second-order valence-corrected chi connectivity index (χ2v) is 6.09. The molecular formula is C16H30N4.